The van der Waals surface area contributed by atoms with E-state index in [0.29, 0.717) is 38.4 Å². The Labute approximate surface area is 149 Å². The maximum atomic E-state index is 12.9. The predicted octanol–water partition coefficient (Wildman–Crippen LogP) is 1.22. The van der Waals surface area contributed by atoms with Crippen LogP contribution in [0.3, 0.4) is 0 Å². The fourth-order valence-electron chi connectivity index (χ4n) is 4.20. The highest BCUT2D eigenvalue weighted by molar-refractivity contribution is 5.79. The van der Waals surface area contributed by atoms with Crippen LogP contribution in [0.15, 0.2) is 0 Å². The molecule has 0 saturated heterocycles. The Kier molecular flexibility index (Phi) is 5.03. The summed E-state index contributed by atoms with van der Waals surface area (Å²) >= 11 is 0. The van der Waals surface area contributed by atoms with E-state index < -0.39 is 0 Å². The summed E-state index contributed by atoms with van der Waals surface area (Å²) in [6.07, 6.45) is 8.09. The highest BCUT2D eigenvalue weighted by atomic mass is 16.5. The van der Waals surface area contributed by atoms with E-state index in [-0.39, 0.29) is 5.91 Å². The topological polar surface area (TPSA) is 63.5 Å². The van der Waals surface area contributed by atoms with E-state index in [9.17, 15) is 4.79 Å². The number of carbonyl (C=O) groups excluding carboxylic acids is 1. The van der Waals surface area contributed by atoms with Crippen LogP contribution in [0.4, 0.5) is 0 Å². The van der Waals surface area contributed by atoms with Crippen molar-refractivity contribution < 1.29 is 9.53 Å². The Morgan fingerprint density at radius 1 is 1.16 bits per heavy atom. The number of amides is 1. The first-order valence-electron chi connectivity index (χ1n) is 9.71. The van der Waals surface area contributed by atoms with Gasteiger partial charge in [-0.05, 0) is 32.7 Å². The molecule has 0 aromatic carbocycles. The minimum absolute atomic E-state index is 0.288. The molecule has 4 rings (SSSR count). The lowest BCUT2D eigenvalue weighted by molar-refractivity contribution is -0.135. The van der Waals surface area contributed by atoms with E-state index in [1.807, 2.05) is 7.05 Å². The average Bonchev–Trinajstić information content (AvgIpc) is 3.22. The lowest BCUT2D eigenvalue weighted by Gasteiger charge is -2.31. The molecule has 2 aliphatic carbocycles. The van der Waals surface area contributed by atoms with Crippen molar-refractivity contribution in [1.29, 1.82) is 0 Å². The van der Waals surface area contributed by atoms with Gasteiger partial charge in [0, 0.05) is 25.0 Å². The van der Waals surface area contributed by atoms with Crippen molar-refractivity contribution in [2.24, 2.45) is 0 Å². The molecule has 1 amide bonds. The number of nitrogens with zero attached hydrogens (tertiary/aromatic N) is 5. The summed E-state index contributed by atoms with van der Waals surface area (Å²) in [5.41, 5.74) is 0. The van der Waals surface area contributed by atoms with E-state index in [4.69, 9.17) is 4.74 Å². The van der Waals surface area contributed by atoms with Crippen LogP contribution in [0.2, 0.25) is 0 Å². The molecule has 0 unspecified atom stereocenters. The van der Waals surface area contributed by atoms with Gasteiger partial charge in [0.25, 0.3) is 0 Å². The molecule has 0 spiro atoms. The van der Waals surface area contributed by atoms with Crippen molar-refractivity contribution in [3.05, 3.63) is 11.6 Å². The molecular formula is C18H29N5O2. The molecule has 2 saturated carbocycles. The largest absolute Gasteiger partial charge is 0.379 e. The smallest absolute Gasteiger partial charge is 0.237 e. The van der Waals surface area contributed by atoms with Crippen molar-refractivity contribution >= 4 is 5.91 Å². The Hall–Kier alpha value is -1.47. The number of hydrogen-bond donors (Lipinski definition) is 0. The number of hydrogen-bond acceptors (Lipinski definition) is 5. The van der Waals surface area contributed by atoms with Crippen LogP contribution in [0.25, 0.3) is 0 Å². The summed E-state index contributed by atoms with van der Waals surface area (Å²) in [7, 11) is 2.01. The number of carbonyl (C=O) groups is 1. The molecule has 2 fully saturated rings. The van der Waals surface area contributed by atoms with Crippen LogP contribution < -0.4 is 0 Å². The van der Waals surface area contributed by atoms with E-state index in [2.05, 4.69) is 24.6 Å². The van der Waals surface area contributed by atoms with Crippen LogP contribution in [0.1, 0.15) is 50.2 Å². The van der Waals surface area contributed by atoms with Crippen molar-refractivity contribution in [3.63, 3.8) is 0 Å². The van der Waals surface area contributed by atoms with Gasteiger partial charge in [-0.15, -0.1) is 10.2 Å². The van der Waals surface area contributed by atoms with Crippen molar-refractivity contribution in [2.75, 3.05) is 26.8 Å². The van der Waals surface area contributed by atoms with Gasteiger partial charge in [-0.25, -0.2) is 0 Å². The van der Waals surface area contributed by atoms with Crippen LogP contribution in [-0.4, -0.2) is 69.4 Å². The quantitative estimate of drug-likeness (QED) is 0.774. The molecular weight excluding hydrogens is 318 g/mol. The summed E-state index contributed by atoms with van der Waals surface area (Å²) in [5, 5.41) is 8.64. The minimum Gasteiger partial charge on any atom is -0.379 e. The third kappa shape index (κ3) is 3.87. The first-order valence-corrected chi connectivity index (χ1v) is 9.71. The zero-order valence-electron chi connectivity index (χ0n) is 15.2. The van der Waals surface area contributed by atoms with Gasteiger partial charge in [0.2, 0.25) is 5.91 Å². The maximum absolute atomic E-state index is 12.9. The summed E-state index contributed by atoms with van der Waals surface area (Å²) < 4.78 is 7.67. The van der Waals surface area contributed by atoms with E-state index in [1.165, 1.54) is 38.5 Å². The van der Waals surface area contributed by atoms with Crippen LogP contribution in [0, 0.1) is 0 Å². The van der Waals surface area contributed by atoms with Gasteiger partial charge in [-0.3, -0.25) is 9.69 Å². The number of fused-ring (bicyclic) bond motifs is 1. The molecule has 1 aromatic heterocycles. The predicted molar refractivity (Wildman–Crippen MR) is 93.0 cm³/mol. The highest BCUT2D eigenvalue weighted by Gasteiger charge is 2.38. The summed E-state index contributed by atoms with van der Waals surface area (Å²) in [6.45, 7) is 3.34. The molecule has 3 aliphatic rings. The number of aromatic nitrogens is 3. The lowest BCUT2D eigenvalue weighted by atomic mass is 10.2. The number of ether oxygens (including phenoxy) is 1. The van der Waals surface area contributed by atoms with Crippen LogP contribution in [-0.2, 0) is 29.0 Å². The number of likely N-dealkylation sites (N-methyl/N-ethyl adjacent to an activating group) is 1. The molecule has 1 aliphatic heterocycles. The van der Waals surface area contributed by atoms with Crippen LogP contribution in [0.5, 0.6) is 0 Å². The third-order valence-corrected chi connectivity index (χ3v) is 5.60. The Bertz CT molecular complexity index is 607. The second-order valence-corrected chi connectivity index (χ2v) is 7.69. The summed E-state index contributed by atoms with van der Waals surface area (Å²) in [6, 6.07) is 0.987. The normalized spacial score (nSPS) is 21.4. The Morgan fingerprint density at radius 3 is 2.68 bits per heavy atom. The maximum Gasteiger partial charge on any atom is 0.237 e. The van der Waals surface area contributed by atoms with Gasteiger partial charge in [0.05, 0.1) is 26.3 Å². The molecule has 0 bridgehead atoms. The Morgan fingerprint density at radius 2 is 1.92 bits per heavy atom. The van der Waals surface area contributed by atoms with Gasteiger partial charge < -0.3 is 14.2 Å². The van der Waals surface area contributed by atoms with E-state index in [0.717, 1.165) is 24.6 Å². The standard InChI is InChI=1S/C18H29N5O2/c1-21(12-17-20-19-16-8-10-25-11-9-22(16)17)13-18(24)23(15-6-7-15)14-4-2-3-5-14/h14-15H,2-13H2,1H3. The fourth-order valence-corrected chi connectivity index (χ4v) is 4.20. The molecule has 2 heterocycles. The molecule has 25 heavy (non-hydrogen) atoms. The van der Waals surface area contributed by atoms with Gasteiger partial charge >= 0.3 is 0 Å². The van der Waals surface area contributed by atoms with Gasteiger partial charge in [-0.1, -0.05) is 12.8 Å². The molecule has 0 atom stereocenters. The average molecular weight is 347 g/mol. The lowest BCUT2D eigenvalue weighted by Crippen LogP contribution is -2.45. The Balaban J connectivity index is 1.37. The summed E-state index contributed by atoms with van der Waals surface area (Å²) in [4.78, 5) is 17.2. The molecule has 138 valence electrons. The van der Waals surface area contributed by atoms with Crippen molar-refractivity contribution in [1.82, 2.24) is 24.6 Å². The second-order valence-electron chi connectivity index (χ2n) is 7.69. The van der Waals surface area contributed by atoms with Crippen LogP contribution >= 0.6 is 0 Å². The van der Waals surface area contributed by atoms with Crippen molar-refractivity contribution in [3.8, 4) is 0 Å². The zero-order valence-corrected chi connectivity index (χ0v) is 15.2. The van der Waals surface area contributed by atoms with E-state index >= 15 is 0 Å². The fraction of sp³-hybridized carbons (Fsp3) is 0.833. The molecule has 7 heteroatoms. The second kappa shape index (κ2) is 7.41. The monoisotopic (exact) mass is 347 g/mol. The van der Waals surface area contributed by atoms with Gasteiger partial charge in [0.15, 0.2) is 0 Å². The molecule has 0 radical (unpaired) electrons. The summed E-state index contributed by atoms with van der Waals surface area (Å²) in [5.74, 6) is 2.23. The van der Waals surface area contributed by atoms with Crippen molar-refractivity contribution in [2.45, 2.75) is 70.1 Å². The minimum atomic E-state index is 0.288. The van der Waals surface area contributed by atoms with Gasteiger partial charge in [0.1, 0.15) is 11.6 Å². The highest BCUT2D eigenvalue weighted by Crippen LogP contribution is 2.34. The third-order valence-electron chi connectivity index (χ3n) is 5.60. The van der Waals surface area contributed by atoms with Gasteiger partial charge in [-0.2, -0.15) is 0 Å². The molecule has 7 nitrogen and oxygen atoms in total. The number of rotatable bonds is 6. The first-order chi connectivity index (χ1) is 12.2. The zero-order chi connectivity index (χ0) is 17.2. The molecule has 0 N–H and O–H groups in total. The first kappa shape index (κ1) is 17.0. The van der Waals surface area contributed by atoms with E-state index in [1.54, 1.807) is 0 Å². The molecule has 1 aromatic rings. The SMILES string of the molecule is CN(CC(=O)N(C1CCCC1)C1CC1)Cc1nnc2n1CCOCC2.